The molecule has 5 heteroatoms. The molecule has 1 aromatic heterocycles. The van der Waals surface area contributed by atoms with Gasteiger partial charge in [-0.2, -0.15) is 0 Å². The van der Waals surface area contributed by atoms with Crippen LogP contribution in [0.3, 0.4) is 0 Å². The number of hydrogen-bond acceptors (Lipinski definition) is 3. The molecule has 2 aromatic carbocycles. The van der Waals surface area contributed by atoms with Crippen LogP contribution in [-0.2, 0) is 6.61 Å². The molecule has 1 amide bonds. The van der Waals surface area contributed by atoms with E-state index in [9.17, 15) is 9.18 Å². The first-order valence-corrected chi connectivity index (χ1v) is 8.36. The van der Waals surface area contributed by atoms with Gasteiger partial charge in [0.1, 0.15) is 18.2 Å². The summed E-state index contributed by atoms with van der Waals surface area (Å²) in [6.07, 6.45) is 0. The van der Waals surface area contributed by atoms with Crippen LogP contribution in [0.1, 0.15) is 20.8 Å². The highest BCUT2D eigenvalue weighted by Crippen LogP contribution is 2.42. The van der Waals surface area contributed by atoms with Gasteiger partial charge in [0.25, 0.3) is 5.91 Å². The van der Waals surface area contributed by atoms with Crippen LogP contribution in [0.4, 0.5) is 10.1 Å². The SMILES string of the molecule is Cc1ccc(NC(=O)c2cc3c(s2)-c2ccccc2OC3)c(F)c1. The smallest absolute Gasteiger partial charge is 0.265 e. The molecule has 0 atom stereocenters. The molecular weight excluding hydrogens is 325 g/mol. The summed E-state index contributed by atoms with van der Waals surface area (Å²) in [5, 5.41) is 2.64. The molecule has 3 nitrogen and oxygen atoms in total. The molecule has 4 rings (SSSR count). The summed E-state index contributed by atoms with van der Waals surface area (Å²) in [6, 6.07) is 14.3. The van der Waals surface area contributed by atoms with E-state index in [1.165, 1.54) is 17.4 Å². The number of benzene rings is 2. The van der Waals surface area contributed by atoms with E-state index in [2.05, 4.69) is 5.32 Å². The van der Waals surface area contributed by atoms with Crippen LogP contribution < -0.4 is 10.1 Å². The number of para-hydroxylation sites is 1. The van der Waals surface area contributed by atoms with Gasteiger partial charge in [-0.15, -0.1) is 11.3 Å². The van der Waals surface area contributed by atoms with Gasteiger partial charge in [-0.3, -0.25) is 4.79 Å². The Kier molecular flexibility index (Phi) is 3.58. The Morgan fingerprint density at radius 1 is 1.21 bits per heavy atom. The number of fused-ring (bicyclic) bond motifs is 3. The third kappa shape index (κ3) is 2.57. The highest BCUT2D eigenvalue weighted by atomic mass is 32.1. The first-order chi connectivity index (χ1) is 11.6. The Morgan fingerprint density at radius 2 is 2.04 bits per heavy atom. The molecule has 24 heavy (non-hydrogen) atoms. The number of aryl methyl sites for hydroxylation is 1. The third-order valence-electron chi connectivity index (χ3n) is 3.92. The number of ether oxygens (including phenoxy) is 1. The Hall–Kier alpha value is -2.66. The molecule has 0 spiro atoms. The van der Waals surface area contributed by atoms with Crippen molar-refractivity contribution < 1.29 is 13.9 Å². The van der Waals surface area contributed by atoms with Crippen LogP contribution in [0.2, 0.25) is 0 Å². The third-order valence-corrected chi connectivity index (χ3v) is 5.13. The number of halogens is 1. The molecule has 0 aliphatic carbocycles. The monoisotopic (exact) mass is 339 g/mol. The molecule has 0 radical (unpaired) electrons. The maximum atomic E-state index is 13.9. The first-order valence-electron chi connectivity index (χ1n) is 7.54. The molecule has 3 aromatic rings. The van der Waals surface area contributed by atoms with Crippen LogP contribution in [0.25, 0.3) is 10.4 Å². The van der Waals surface area contributed by atoms with E-state index in [-0.39, 0.29) is 11.6 Å². The Balaban J connectivity index is 1.64. The molecule has 0 saturated heterocycles. The fraction of sp³-hybridized carbons (Fsp3) is 0.105. The minimum absolute atomic E-state index is 0.189. The summed E-state index contributed by atoms with van der Waals surface area (Å²) in [4.78, 5) is 14.0. The van der Waals surface area contributed by atoms with Gasteiger partial charge in [0, 0.05) is 16.0 Å². The van der Waals surface area contributed by atoms with E-state index in [0.717, 1.165) is 27.3 Å². The largest absolute Gasteiger partial charge is 0.488 e. The van der Waals surface area contributed by atoms with E-state index in [1.807, 2.05) is 30.3 Å². The Bertz CT molecular complexity index is 948. The summed E-state index contributed by atoms with van der Waals surface area (Å²) >= 11 is 1.40. The van der Waals surface area contributed by atoms with Gasteiger partial charge < -0.3 is 10.1 Å². The van der Waals surface area contributed by atoms with E-state index >= 15 is 0 Å². The predicted octanol–water partition coefficient (Wildman–Crippen LogP) is 5.01. The quantitative estimate of drug-likeness (QED) is 0.713. The lowest BCUT2D eigenvalue weighted by molar-refractivity contribution is 0.103. The molecule has 1 aliphatic rings. The average Bonchev–Trinajstić information content (AvgIpc) is 3.02. The highest BCUT2D eigenvalue weighted by molar-refractivity contribution is 7.17. The number of carbonyl (C=O) groups is 1. The van der Waals surface area contributed by atoms with Crippen LogP contribution in [0, 0.1) is 12.7 Å². The molecule has 2 heterocycles. The van der Waals surface area contributed by atoms with Gasteiger partial charge in [0.2, 0.25) is 0 Å². The van der Waals surface area contributed by atoms with Crippen molar-refractivity contribution in [3.8, 4) is 16.2 Å². The number of rotatable bonds is 2. The maximum absolute atomic E-state index is 13.9. The van der Waals surface area contributed by atoms with Crippen molar-refractivity contribution in [1.82, 2.24) is 0 Å². The van der Waals surface area contributed by atoms with E-state index in [0.29, 0.717) is 11.5 Å². The molecule has 1 aliphatic heterocycles. The van der Waals surface area contributed by atoms with Crippen LogP contribution in [0.5, 0.6) is 5.75 Å². The standard InChI is InChI=1S/C19H14FNO2S/c1-11-6-7-15(14(20)8-11)21-19(22)17-9-12-10-23-16-5-3-2-4-13(16)18(12)24-17/h2-9H,10H2,1H3,(H,21,22). The molecule has 0 bridgehead atoms. The zero-order valence-corrected chi connectivity index (χ0v) is 13.7. The van der Waals surface area contributed by atoms with Gasteiger partial charge >= 0.3 is 0 Å². The van der Waals surface area contributed by atoms with Crippen molar-refractivity contribution in [2.75, 3.05) is 5.32 Å². The van der Waals surface area contributed by atoms with Crippen molar-refractivity contribution in [3.63, 3.8) is 0 Å². The van der Waals surface area contributed by atoms with Crippen molar-refractivity contribution >= 4 is 22.9 Å². The fourth-order valence-corrected chi connectivity index (χ4v) is 3.81. The zero-order chi connectivity index (χ0) is 16.7. The van der Waals surface area contributed by atoms with E-state index in [1.54, 1.807) is 19.1 Å². The summed E-state index contributed by atoms with van der Waals surface area (Å²) in [5.41, 5.74) is 2.97. The average molecular weight is 339 g/mol. The number of hydrogen-bond donors (Lipinski definition) is 1. The number of amides is 1. The maximum Gasteiger partial charge on any atom is 0.265 e. The van der Waals surface area contributed by atoms with Gasteiger partial charge in [0.15, 0.2) is 0 Å². The molecule has 0 unspecified atom stereocenters. The van der Waals surface area contributed by atoms with Crippen molar-refractivity contribution in [3.05, 3.63) is 70.4 Å². The molecule has 0 saturated carbocycles. The summed E-state index contributed by atoms with van der Waals surface area (Å²) < 4.78 is 19.6. The van der Waals surface area contributed by atoms with Gasteiger partial charge in [-0.25, -0.2) is 4.39 Å². The summed E-state index contributed by atoms with van der Waals surface area (Å²) in [5.74, 6) is 0.0800. The van der Waals surface area contributed by atoms with Crippen molar-refractivity contribution in [1.29, 1.82) is 0 Å². The lowest BCUT2D eigenvalue weighted by Gasteiger charge is -2.16. The normalized spacial score (nSPS) is 12.1. The molecule has 1 N–H and O–H groups in total. The van der Waals surface area contributed by atoms with Gasteiger partial charge in [-0.05, 0) is 42.8 Å². The Labute approximate surface area is 142 Å². The van der Waals surface area contributed by atoms with Gasteiger partial charge in [-0.1, -0.05) is 18.2 Å². The Morgan fingerprint density at radius 3 is 2.88 bits per heavy atom. The van der Waals surface area contributed by atoms with Crippen LogP contribution in [-0.4, -0.2) is 5.91 Å². The minimum atomic E-state index is -0.432. The summed E-state index contributed by atoms with van der Waals surface area (Å²) in [7, 11) is 0. The number of carbonyl (C=O) groups excluding carboxylic acids is 1. The topological polar surface area (TPSA) is 38.3 Å². The van der Waals surface area contributed by atoms with Crippen molar-refractivity contribution in [2.45, 2.75) is 13.5 Å². The van der Waals surface area contributed by atoms with Crippen molar-refractivity contribution in [2.24, 2.45) is 0 Å². The van der Waals surface area contributed by atoms with Gasteiger partial charge in [0.05, 0.1) is 10.6 Å². The van der Waals surface area contributed by atoms with Crippen LogP contribution >= 0.6 is 11.3 Å². The molecule has 120 valence electrons. The minimum Gasteiger partial charge on any atom is -0.488 e. The lowest BCUT2D eigenvalue weighted by atomic mass is 10.1. The highest BCUT2D eigenvalue weighted by Gasteiger charge is 2.22. The molecular formula is C19H14FNO2S. The second kappa shape index (κ2) is 5.76. The van der Waals surface area contributed by atoms with Crippen LogP contribution in [0.15, 0.2) is 48.5 Å². The second-order valence-electron chi connectivity index (χ2n) is 5.69. The predicted molar refractivity (Wildman–Crippen MR) is 93.2 cm³/mol. The number of nitrogens with one attached hydrogen (secondary N) is 1. The summed E-state index contributed by atoms with van der Waals surface area (Å²) in [6.45, 7) is 2.24. The first kappa shape index (κ1) is 14.9. The van der Waals surface area contributed by atoms with E-state index < -0.39 is 5.82 Å². The molecule has 0 fully saturated rings. The number of thiophene rings is 1. The lowest BCUT2D eigenvalue weighted by Crippen LogP contribution is -2.11. The fourth-order valence-electron chi connectivity index (χ4n) is 2.72. The second-order valence-corrected chi connectivity index (χ2v) is 6.74. The zero-order valence-electron chi connectivity index (χ0n) is 12.9. The van der Waals surface area contributed by atoms with E-state index in [4.69, 9.17) is 4.74 Å². The number of anilines is 1.